The zero-order valence-electron chi connectivity index (χ0n) is 26.0. The van der Waals surface area contributed by atoms with Crippen LogP contribution in [0.15, 0.2) is 170 Å². The summed E-state index contributed by atoms with van der Waals surface area (Å²) in [6.45, 7) is 0. The van der Waals surface area contributed by atoms with Crippen LogP contribution in [-0.2, 0) is 0 Å². The summed E-state index contributed by atoms with van der Waals surface area (Å²) in [6.07, 6.45) is 0. The van der Waals surface area contributed by atoms with Gasteiger partial charge in [0.05, 0.1) is 28.1 Å². The molecule has 0 N–H and O–H groups in total. The molecule has 0 amide bonds. The van der Waals surface area contributed by atoms with Crippen molar-refractivity contribution in [3.05, 3.63) is 170 Å². The van der Waals surface area contributed by atoms with Gasteiger partial charge in [0, 0.05) is 27.5 Å². The molecule has 0 bridgehead atoms. The van der Waals surface area contributed by atoms with Crippen molar-refractivity contribution in [2.45, 2.75) is 0 Å². The molecular formula is C44H28N4. The molecule has 0 saturated carbocycles. The minimum Gasteiger partial charge on any atom is -0.248 e. The van der Waals surface area contributed by atoms with Crippen molar-refractivity contribution >= 4 is 32.6 Å². The average molecular weight is 613 g/mol. The van der Waals surface area contributed by atoms with E-state index in [1.807, 2.05) is 48.5 Å². The summed E-state index contributed by atoms with van der Waals surface area (Å²) in [5.41, 5.74) is 10.6. The van der Waals surface area contributed by atoms with Crippen molar-refractivity contribution < 1.29 is 0 Å². The summed E-state index contributed by atoms with van der Waals surface area (Å²) in [6, 6.07) is 58.7. The van der Waals surface area contributed by atoms with Gasteiger partial charge in [-0.3, -0.25) is 0 Å². The van der Waals surface area contributed by atoms with E-state index in [0.717, 1.165) is 66.8 Å². The molecular weight excluding hydrogens is 585 g/mol. The van der Waals surface area contributed by atoms with Crippen molar-refractivity contribution in [3.8, 4) is 56.4 Å². The number of nitrogens with zero attached hydrogens (tertiary/aromatic N) is 4. The Morgan fingerprint density at radius 2 is 0.729 bits per heavy atom. The van der Waals surface area contributed by atoms with Crippen LogP contribution < -0.4 is 0 Å². The summed E-state index contributed by atoms with van der Waals surface area (Å²) >= 11 is 0. The van der Waals surface area contributed by atoms with Gasteiger partial charge >= 0.3 is 0 Å². The van der Waals surface area contributed by atoms with E-state index >= 15 is 0 Å². The Kier molecular flexibility index (Phi) is 6.76. The fourth-order valence-corrected chi connectivity index (χ4v) is 6.30. The Labute approximate surface area is 278 Å². The number of rotatable bonds is 5. The standard InChI is InChI=1S/C44H28N4/c1-3-10-30(11-4-1)42-28-43(31-12-5-2-6-13-31)48-44(47-42)39-24-22-33-17-20-37(27-41(33)46-39)38-23-21-32-16-19-36(26-40(32)45-38)35-18-15-29-9-7-8-14-34(29)25-35/h1-28H. The van der Waals surface area contributed by atoms with Crippen molar-refractivity contribution in [2.75, 3.05) is 0 Å². The molecule has 224 valence electrons. The van der Waals surface area contributed by atoms with Crippen LogP contribution in [0.3, 0.4) is 0 Å². The number of hydrogen-bond acceptors (Lipinski definition) is 4. The Morgan fingerprint density at radius 3 is 1.40 bits per heavy atom. The molecule has 3 heterocycles. The van der Waals surface area contributed by atoms with Gasteiger partial charge in [-0.05, 0) is 58.3 Å². The molecule has 0 saturated heterocycles. The Balaban J connectivity index is 1.11. The first-order valence-electron chi connectivity index (χ1n) is 16.1. The van der Waals surface area contributed by atoms with Crippen LogP contribution in [0.1, 0.15) is 0 Å². The molecule has 0 radical (unpaired) electrons. The Morgan fingerprint density at radius 1 is 0.250 bits per heavy atom. The predicted octanol–water partition coefficient (Wildman–Crippen LogP) is 11.1. The van der Waals surface area contributed by atoms with Gasteiger partial charge in [0.25, 0.3) is 0 Å². The van der Waals surface area contributed by atoms with Gasteiger partial charge in [0.1, 0.15) is 5.69 Å². The normalized spacial score (nSPS) is 11.3. The largest absolute Gasteiger partial charge is 0.248 e. The zero-order valence-corrected chi connectivity index (χ0v) is 26.0. The number of aromatic nitrogens is 4. The lowest BCUT2D eigenvalue weighted by Crippen LogP contribution is -1.97. The lowest BCUT2D eigenvalue weighted by molar-refractivity contribution is 1.16. The van der Waals surface area contributed by atoms with Crippen molar-refractivity contribution in [2.24, 2.45) is 0 Å². The maximum atomic E-state index is 5.12. The molecule has 0 aliphatic carbocycles. The van der Waals surface area contributed by atoms with Crippen LogP contribution in [0.4, 0.5) is 0 Å². The molecule has 0 aliphatic rings. The fourth-order valence-electron chi connectivity index (χ4n) is 6.30. The van der Waals surface area contributed by atoms with Crippen molar-refractivity contribution in [1.82, 2.24) is 19.9 Å². The molecule has 48 heavy (non-hydrogen) atoms. The van der Waals surface area contributed by atoms with Crippen molar-refractivity contribution in [1.29, 1.82) is 0 Å². The highest BCUT2D eigenvalue weighted by atomic mass is 14.9. The summed E-state index contributed by atoms with van der Waals surface area (Å²) in [5.74, 6) is 0.590. The maximum absolute atomic E-state index is 5.12. The third-order valence-electron chi connectivity index (χ3n) is 8.86. The van der Waals surface area contributed by atoms with E-state index in [-0.39, 0.29) is 0 Å². The fraction of sp³-hybridized carbons (Fsp3) is 0. The van der Waals surface area contributed by atoms with Gasteiger partial charge in [-0.2, -0.15) is 0 Å². The summed E-state index contributed by atoms with van der Waals surface area (Å²) in [5, 5.41) is 4.62. The molecule has 0 atom stereocenters. The van der Waals surface area contributed by atoms with Gasteiger partial charge < -0.3 is 0 Å². The number of pyridine rings is 2. The second kappa shape index (κ2) is 11.7. The van der Waals surface area contributed by atoms with E-state index < -0.39 is 0 Å². The first-order chi connectivity index (χ1) is 23.7. The lowest BCUT2D eigenvalue weighted by Gasteiger charge is -2.10. The second-order valence-electron chi connectivity index (χ2n) is 12.0. The van der Waals surface area contributed by atoms with E-state index in [1.165, 1.54) is 16.3 Å². The molecule has 0 spiro atoms. The highest BCUT2D eigenvalue weighted by Gasteiger charge is 2.13. The second-order valence-corrected chi connectivity index (χ2v) is 12.0. The lowest BCUT2D eigenvalue weighted by atomic mass is 9.99. The van der Waals surface area contributed by atoms with Crippen LogP contribution in [0.5, 0.6) is 0 Å². The molecule has 9 rings (SSSR count). The minimum absolute atomic E-state index is 0.590. The SMILES string of the molecule is c1ccc(-c2cc(-c3ccccc3)nc(-c3ccc4ccc(-c5ccc6ccc(-c7ccc8ccccc8c7)cc6n5)cc4n3)n2)cc1. The topological polar surface area (TPSA) is 51.6 Å². The Bertz CT molecular complexity index is 2560. The smallest absolute Gasteiger partial charge is 0.179 e. The first-order valence-corrected chi connectivity index (χ1v) is 16.1. The highest BCUT2D eigenvalue weighted by Crippen LogP contribution is 2.31. The minimum atomic E-state index is 0.590. The first kappa shape index (κ1) is 27.8. The van der Waals surface area contributed by atoms with E-state index in [2.05, 4.69) is 121 Å². The number of benzene rings is 6. The van der Waals surface area contributed by atoms with Gasteiger partial charge in [-0.25, -0.2) is 19.9 Å². The van der Waals surface area contributed by atoms with Gasteiger partial charge in [-0.1, -0.05) is 133 Å². The quantitative estimate of drug-likeness (QED) is 0.194. The third-order valence-corrected chi connectivity index (χ3v) is 8.86. The predicted molar refractivity (Wildman–Crippen MR) is 197 cm³/mol. The molecule has 6 aromatic carbocycles. The number of hydrogen-bond donors (Lipinski definition) is 0. The average Bonchev–Trinajstić information content (AvgIpc) is 3.17. The summed E-state index contributed by atoms with van der Waals surface area (Å²) < 4.78 is 0. The molecule has 4 heteroatoms. The van der Waals surface area contributed by atoms with E-state index in [4.69, 9.17) is 19.9 Å². The molecule has 3 aromatic heterocycles. The maximum Gasteiger partial charge on any atom is 0.179 e. The highest BCUT2D eigenvalue weighted by molar-refractivity contribution is 5.91. The van der Waals surface area contributed by atoms with Gasteiger partial charge in [-0.15, -0.1) is 0 Å². The number of fused-ring (bicyclic) bond motifs is 3. The van der Waals surface area contributed by atoms with Gasteiger partial charge in [0.15, 0.2) is 5.82 Å². The zero-order chi connectivity index (χ0) is 31.9. The molecule has 0 fully saturated rings. The van der Waals surface area contributed by atoms with Gasteiger partial charge in [0.2, 0.25) is 0 Å². The van der Waals surface area contributed by atoms with E-state index in [0.29, 0.717) is 5.82 Å². The summed E-state index contributed by atoms with van der Waals surface area (Å²) in [4.78, 5) is 20.2. The summed E-state index contributed by atoms with van der Waals surface area (Å²) in [7, 11) is 0. The monoisotopic (exact) mass is 612 g/mol. The third kappa shape index (κ3) is 5.25. The molecule has 4 nitrogen and oxygen atoms in total. The van der Waals surface area contributed by atoms with Crippen LogP contribution in [0.25, 0.3) is 89.0 Å². The molecule has 0 unspecified atom stereocenters. The van der Waals surface area contributed by atoms with Crippen LogP contribution in [0, 0.1) is 0 Å². The van der Waals surface area contributed by atoms with Crippen LogP contribution in [0.2, 0.25) is 0 Å². The molecule has 9 aromatic rings. The van der Waals surface area contributed by atoms with Crippen LogP contribution in [-0.4, -0.2) is 19.9 Å². The Hall–Kier alpha value is -6.52. The van der Waals surface area contributed by atoms with E-state index in [1.54, 1.807) is 0 Å². The van der Waals surface area contributed by atoms with Crippen molar-refractivity contribution in [3.63, 3.8) is 0 Å². The van der Waals surface area contributed by atoms with E-state index in [9.17, 15) is 0 Å². The molecule has 0 aliphatic heterocycles. The van der Waals surface area contributed by atoms with Crippen LogP contribution >= 0.6 is 0 Å².